The highest BCUT2D eigenvalue weighted by molar-refractivity contribution is 5.88. The molecular formula is C13H14N2O3. The molecule has 0 aliphatic rings. The van der Waals surface area contributed by atoms with Gasteiger partial charge in [0.2, 0.25) is 0 Å². The Hall–Kier alpha value is -2.30. The van der Waals surface area contributed by atoms with E-state index in [-0.39, 0.29) is 17.7 Å². The molecule has 0 saturated heterocycles. The molecule has 2 rings (SSSR count). The molecule has 0 atom stereocenters. The zero-order valence-electron chi connectivity index (χ0n) is 10.1. The van der Waals surface area contributed by atoms with Crippen LogP contribution in [0, 0.1) is 0 Å². The van der Waals surface area contributed by atoms with Crippen LogP contribution < -0.4 is 5.56 Å². The summed E-state index contributed by atoms with van der Waals surface area (Å²) < 4.78 is 6.18. The highest BCUT2D eigenvalue weighted by Gasteiger charge is 2.15. The summed E-state index contributed by atoms with van der Waals surface area (Å²) in [4.78, 5) is 23.4. The number of carbonyl (C=O) groups is 1. The first kappa shape index (κ1) is 12.2. The van der Waals surface area contributed by atoms with Gasteiger partial charge in [0.05, 0.1) is 13.2 Å². The van der Waals surface area contributed by atoms with Gasteiger partial charge in [0.15, 0.2) is 0 Å². The van der Waals surface area contributed by atoms with Crippen molar-refractivity contribution in [1.82, 2.24) is 9.78 Å². The molecule has 1 aromatic heterocycles. The molecule has 0 aliphatic heterocycles. The third kappa shape index (κ3) is 2.51. The Balaban J connectivity index is 2.21. The molecule has 0 amide bonds. The minimum absolute atomic E-state index is 0.0350. The Morgan fingerprint density at radius 3 is 2.72 bits per heavy atom. The van der Waals surface area contributed by atoms with Crippen molar-refractivity contribution >= 4 is 5.97 Å². The minimum atomic E-state index is -0.592. The fraction of sp³-hybridized carbons (Fsp3) is 0.231. The summed E-state index contributed by atoms with van der Waals surface area (Å²) in [5.41, 5.74) is 0.655. The van der Waals surface area contributed by atoms with E-state index in [4.69, 9.17) is 4.74 Å². The van der Waals surface area contributed by atoms with E-state index in [2.05, 4.69) is 5.10 Å². The van der Waals surface area contributed by atoms with Gasteiger partial charge in [-0.05, 0) is 12.5 Å². The number of H-pyrrole nitrogens is 1. The number of nitrogens with one attached hydrogen (secondary N) is 1. The maximum Gasteiger partial charge on any atom is 0.345 e. The number of benzene rings is 1. The third-order valence-corrected chi connectivity index (χ3v) is 2.52. The molecule has 1 aromatic carbocycles. The van der Waals surface area contributed by atoms with Gasteiger partial charge in [0.25, 0.3) is 5.56 Å². The van der Waals surface area contributed by atoms with E-state index in [0.717, 1.165) is 5.56 Å². The number of hydrogen-bond acceptors (Lipinski definition) is 3. The van der Waals surface area contributed by atoms with E-state index in [1.807, 2.05) is 30.3 Å². The standard InChI is InChI=1S/C13H14N2O3/c1-2-18-13(17)11-8-14-15(12(11)16)9-10-6-4-3-5-7-10/h3-8,14H,2,9H2,1H3. The van der Waals surface area contributed by atoms with Gasteiger partial charge in [-0.1, -0.05) is 30.3 Å². The fourth-order valence-electron chi connectivity index (χ4n) is 1.65. The largest absolute Gasteiger partial charge is 0.462 e. The molecule has 94 valence electrons. The lowest BCUT2D eigenvalue weighted by Crippen LogP contribution is -2.23. The molecule has 5 heteroatoms. The number of rotatable bonds is 4. The number of esters is 1. The first-order valence-electron chi connectivity index (χ1n) is 5.71. The summed E-state index contributed by atoms with van der Waals surface area (Å²) >= 11 is 0. The summed E-state index contributed by atoms with van der Waals surface area (Å²) in [5.74, 6) is -0.592. The van der Waals surface area contributed by atoms with E-state index in [1.54, 1.807) is 6.92 Å². The molecule has 0 bridgehead atoms. The van der Waals surface area contributed by atoms with Gasteiger partial charge >= 0.3 is 5.97 Å². The second-order valence-corrected chi connectivity index (χ2v) is 3.78. The molecule has 5 nitrogen and oxygen atoms in total. The van der Waals surface area contributed by atoms with E-state index >= 15 is 0 Å². The van der Waals surface area contributed by atoms with E-state index in [9.17, 15) is 9.59 Å². The summed E-state index contributed by atoms with van der Waals surface area (Å²) in [6.45, 7) is 2.36. The summed E-state index contributed by atoms with van der Waals surface area (Å²) in [7, 11) is 0. The molecule has 2 aromatic rings. The fourth-order valence-corrected chi connectivity index (χ4v) is 1.65. The van der Waals surface area contributed by atoms with Crippen molar-refractivity contribution in [2.75, 3.05) is 6.61 Å². The van der Waals surface area contributed by atoms with Gasteiger partial charge in [0.1, 0.15) is 5.56 Å². The summed E-state index contributed by atoms with van der Waals surface area (Å²) in [5, 5.41) is 2.77. The molecule has 0 fully saturated rings. The number of carbonyl (C=O) groups excluding carboxylic acids is 1. The zero-order valence-corrected chi connectivity index (χ0v) is 10.1. The van der Waals surface area contributed by atoms with Crippen LogP contribution in [0.15, 0.2) is 41.3 Å². The van der Waals surface area contributed by atoms with Crippen LogP contribution in [-0.2, 0) is 11.3 Å². The van der Waals surface area contributed by atoms with Crippen LogP contribution in [0.4, 0.5) is 0 Å². The van der Waals surface area contributed by atoms with Crippen LogP contribution in [0.25, 0.3) is 0 Å². The van der Waals surface area contributed by atoms with Crippen LogP contribution in [0.3, 0.4) is 0 Å². The molecular weight excluding hydrogens is 232 g/mol. The van der Waals surface area contributed by atoms with Gasteiger partial charge < -0.3 is 9.84 Å². The maximum absolute atomic E-state index is 11.9. The van der Waals surface area contributed by atoms with Gasteiger partial charge in [-0.3, -0.25) is 4.79 Å². The first-order chi connectivity index (χ1) is 8.72. The van der Waals surface area contributed by atoms with Crippen molar-refractivity contribution < 1.29 is 9.53 Å². The zero-order chi connectivity index (χ0) is 13.0. The Labute approximate surface area is 104 Å². The van der Waals surface area contributed by atoms with Crippen LogP contribution in [-0.4, -0.2) is 22.4 Å². The molecule has 1 heterocycles. The van der Waals surface area contributed by atoms with Crippen molar-refractivity contribution in [3.63, 3.8) is 0 Å². The van der Waals surface area contributed by atoms with Gasteiger partial charge in [-0.25, -0.2) is 9.48 Å². The van der Waals surface area contributed by atoms with Crippen molar-refractivity contribution in [2.24, 2.45) is 0 Å². The van der Waals surface area contributed by atoms with Crippen molar-refractivity contribution in [2.45, 2.75) is 13.5 Å². The molecule has 0 saturated carbocycles. The van der Waals surface area contributed by atoms with Crippen LogP contribution in [0.5, 0.6) is 0 Å². The summed E-state index contributed by atoms with van der Waals surface area (Å²) in [6.07, 6.45) is 1.38. The van der Waals surface area contributed by atoms with Gasteiger partial charge in [0, 0.05) is 6.20 Å². The lowest BCUT2D eigenvalue weighted by Gasteiger charge is -2.01. The second kappa shape index (κ2) is 5.35. The molecule has 1 N–H and O–H groups in total. The monoisotopic (exact) mass is 246 g/mol. The van der Waals surface area contributed by atoms with E-state index in [0.29, 0.717) is 6.54 Å². The predicted molar refractivity (Wildman–Crippen MR) is 66.6 cm³/mol. The molecule has 0 spiro atoms. The molecule has 0 radical (unpaired) electrons. The molecule has 18 heavy (non-hydrogen) atoms. The topological polar surface area (TPSA) is 64.1 Å². The van der Waals surface area contributed by atoms with Crippen molar-refractivity contribution in [1.29, 1.82) is 0 Å². The summed E-state index contributed by atoms with van der Waals surface area (Å²) in [6, 6.07) is 9.53. The average molecular weight is 246 g/mol. The lowest BCUT2D eigenvalue weighted by atomic mass is 10.2. The highest BCUT2D eigenvalue weighted by atomic mass is 16.5. The predicted octanol–water partition coefficient (Wildman–Crippen LogP) is 1.40. The second-order valence-electron chi connectivity index (χ2n) is 3.78. The number of ether oxygens (including phenoxy) is 1. The SMILES string of the molecule is CCOC(=O)c1c[nH]n(Cc2ccccc2)c1=O. The Bertz CT molecular complexity index is 584. The average Bonchev–Trinajstić information content (AvgIpc) is 2.73. The number of nitrogens with zero attached hydrogens (tertiary/aromatic N) is 1. The Morgan fingerprint density at radius 1 is 1.33 bits per heavy atom. The first-order valence-corrected chi connectivity index (χ1v) is 5.71. The molecule has 0 aliphatic carbocycles. The van der Waals surface area contributed by atoms with Crippen LogP contribution >= 0.6 is 0 Å². The van der Waals surface area contributed by atoms with Crippen LogP contribution in [0.1, 0.15) is 22.8 Å². The number of hydrogen-bond donors (Lipinski definition) is 1. The van der Waals surface area contributed by atoms with Gasteiger partial charge in [-0.15, -0.1) is 0 Å². The lowest BCUT2D eigenvalue weighted by molar-refractivity contribution is 0.0524. The number of aromatic nitrogens is 2. The Morgan fingerprint density at radius 2 is 2.06 bits per heavy atom. The normalized spacial score (nSPS) is 10.3. The maximum atomic E-state index is 11.9. The molecule has 0 unspecified atom stereocenters. The van der Waals surface area contributed by atoms with E-state index in [1.165, 1.54) is 10.9 Å². The number of aromatic amines is 1. The minimum Gasteiger partial charge on any atom is -0.462 e. The van der Waals surface area contributed by atoms with Crippen LogP contribution in [0.2, 0.25) is 0 Å². The van der Waals surface area contributed by atoms with E-state index < -0.39 is 5.97 Å². The van der Waals surface area contributed by atoms with Gasteiger partial charge in [-0.2, -0.15) is 0 Å². The highest BCUT2D eigenvalue weighted by Crippen LogP contribution is 2.01. The van der Waals surface area contributed by atoms with Crippen molar-refractivity contribution in [3.8, 4) is 0 Å². The van der Waals surface area contributed by atoms with Crippen molar-refractivity contribution in [3.05, 3.63) is 58.0 Å². The quantitative estimate of drug-likeness (QED) is 0.829. The third-order valence-electron chi connectivity index (χ3n) is 2.52. The smallest absolute Gasteiger partial charge is 0.345 e. The Kier molecular flexibility index (Phi) is 3.62.